The van der Waals surface area contributed by atoms with Crippen molar-refractivity contribution in [3.05, 3.63) is 48.8 Å². The lowest BCUT2D eigenvalue weighted by atomic mass is 10.2. The lowest BCUT2D eigenvalue weighted by Crippen LogP contribution is -2.17. The second-order valence-corrected chi connectivity index (χ2v) is 4.76. The van der Waals surface area contributed by atoms with E-state index in [4.69, 9.17) is 0 Å². The zero-order valence-electron chi connectivity index (χ0n) is 11.4. The van der Waals surface area contributed by atoms with Crippen molar-refractivity contribution >= 4 is 6.47 Å². The Labute approximate surface area is 113 Å². The summed E-state index contributed by atoms with van der Waals surface area (Å²) >= 11 is 0. The second kappa shape index (κ2) is 7.26. The maximum absolute atomic E-state index is 9.60. The maximum atomic E-state index is 9.60. The summed E-state index contributed by atoms with van der Waals surface area (Å²) in [6.07, 6.45) is 3.54. The third-order valence-corrected chi connectivity index (χ3v) is 1.99. The number of nitrogens with zero attached hydrogens (tertiary/aromatic N) is 2. The SMILES string of the molecule is CC(C)(C)OC=O.c1ccc(-c2ccccn2)nc1. The summed E-state index contributed by atoms with van der Waals surface area (Å²) in [6, 6.07) is 11.6. The van der Waals surface area contributed by atoms with Crippen molar-refractivity contribution in [1.29, 1.82) is 0 Å². The molecule has 2 heterocycles. The Bertz CT molecular complexity index is 441. The van der Waals surface area contributed by atoms with Gasteiger partial charge in [0.25, 0.3) is 6.47 Å². The number of rotatable bonds is 2. The van der Waals surface area contributed by atoms with Crippen LogP contribution in [-0.4, -0.2) is 22.0 Å². The monoisotopic (exact) mass is 258 g/mol. The predicted octanol–water partition coefficient (Wildman–Crippen LogP) is 3.10. The van der Waals surface area contributed by atoms with Gasteiger partial charge in [-0.3, -0.25) is 14.8 Å². The Kier molecular flexibility index (Phi) is 5.67. The first kappa shape index (κ1) is 14.8. The Hall–Kier alpha value is -2.23. The molecule has 0 aliphatic heterocycles. The predicted molar refractivity (Wildman–Crippen MR) is 74.4 cm³/mol. The van der Waals surface area contributed by atoms with Gasteiger partial charge in [-0.15, -0.1) is 0 Å². The standard InChI is InChI=1S/C10H8N2.C5H10O2/c1-3-7-11-9(5-1)10-6-2-4-8-12-10;1-5(2,3)7-4-6/h1-8H;4H,1-3H3. The topological polar surface area (TPSA) is 52.1 Å². The number of hydrogen-bond acceptors (Lipinski definition) is 4. The molecule has 0 aliphatic carbocycles. The van der Waals surface area contributed by atoms with E-state index in [0.717, 1.165) is 11.4 Å². The molecule has 0 aliphatic rings. The zero-order valence-corrected chi connectivity index (χ0v) is 11.4. The van der Waals surface area contributed by atoms with E-state index in [1.807, 2.05) is 57.2 Å². The number of aromatic nitrogens is 2. The van der Waals surface area contributed by atoms with Crippen LogP contribution >= 0.6 is 0 Å². The van der Waals surface area contributed by atoms with E-state index in [1.165, 1.54) is 0 Å². The zero-order chi connectivity index (χ0) is 14.1. The molecule has 2 aromatic heterocycles. The number of hydrogen-bond donors (Lipinski definition) is 0. The van der Waals surface area contributed by atoms with E-state index in [9.17, 15) is 4.79 Å². The van der Waals surface area contributed by atoms with Gasteiger partial charge < -0.3 is 4.74 Å². The highest BCUT2D eigenvalue weighted by atomic mass is 16.5. The van der Waals surface area contributed by atoms with Crippen molar-refractivity contribution in [3.8, 4) is 11.4 Å². The number of carbonyl (C=O) groups is 1. The van der Waals surface area contributed by atoms with Crippen LogP contribution in [0.1, 0.15) is 20.8 Å². The molecule has 0 bridgehead atoms. The molecule has 0 amide bonds. The van der Waals surface area contributed by atoms with Crippen LogP contribution in [0.2, 0.25) is 0 Å². The smallest absolute Gasteiger partial charge is 0.293 e. The molecule has 0 saturated carbocycles. The summed E-state index contributed by atoms with van der Waals surface area (Å²) in [4.78, 5) is 18.0. The highest BCUT2D eigenvalue weighted by Crippen LogP contribution is 2.10. The molecule has 0 N–H and O–H groups in total. The molecule has 0 fully saturated rings. The Morgan fingerprint density at radius 2 is 1.42 bits per heavy atom. The molecule has 0 unspecified atom stereocenters. The number of carbonyl (C=O) groups excluding carboxylic acids is 1. The first-order valence-electron chi connectivity index (χ1n) is 5.97. The summed E-state index contributed by atoms with van der Waals surface area (Å²) in [7, 11) is 0. The molecule has 4 nitrogen and oxygen atoms in total. The Morgan fingerprint density at radius 3 is 1.63 bits per heavy atom. The van der Waals surface area contributed by atoms with Gasteiger partial charge in [-0.1, -0.05) is 12.1 Å². The normalized spacial score (nSPS) is 10.1. The fourth-order valence-corrected chi connectivity index (χ4v) is 1.17. The average Bonchev–Trinajstić information content (AvgIpc) is 2.40. The first-order chi connectivity index (χ1) is 9.03. The Morgan fingerprint density at radius 1 is 0.947 bits per heavy atom. The lowest BCUT2D eigenvalue weighted by Gasteiger charge is -2.14. The van der Waals surface area contributed by atoms with E-state index in [-0.39, 0.29) is 5.60 Å². The summed E-state index contributed by atoms with van der Waals surface area (Å²) < 4.78 is 4.55. The van der Waals surface area contributed by atoms with Crippen LogP contribution in [0, 0.1) is 0 Å². The van der Waals surface area contributed by atoms with Crippen molar-refractivity contribution in [1.82, 2.24) is 9.97 Å². The fraction of sp³-hybridized carbons (Fsp3) is 0.267. The minimum atomic E-state index is -0.318. The third kappa shape index (κ3) is 6.31. The molecular formula is C15H18N2O2. The molecule has 0 atom stereocenters. The van der Waals surface area contributed by atoms with Crippen LogP contribution in [0.4, 0.5) is 0 Å². The second-order valence-electron chi connectivity index (χ2n) is 4.76. The largest absolute Gasteiger partial charge is 0.462 e. The Balaban J connectivity index is 0.000000224. The summed E-state index contributed by atoms with van der Waals surface area (Å²) in [5.74, 6) is 0. The molecule has 0 radical (unpaired) electrons. The van der Waals surface area contributed by atoms with Crippen LogP contribution in [0.25, 0.3) is 11.4 Å². The molecular weight excluding hydrogens is 240 g/mol. The van der Waals surface area contributed by atoms with Gasteiger partial charge in [0.05, 0.1) is 11.4 Å². The van der Waals surface area contributed by atoms with E-state index < -0.39 is 0 Å². The van der Waals surface area contributed by atoms with Gasteiger partial charge in [-0.25, -0.2) is 0 Å². The van der Waals surface area contributed by atoms with Gasteiger partial charge in [0.15, 0.2) is 0 Å². The maximum Gasteiger partial charge on any atom is 0.293 e. The van der Waals surface area contributed by atoms with E-state index in [2.05, 4.69) is 14.7 Å². The quantitative estimate of drug-likeness (QED) is 0.777. The van der Waals surface area contributed by atoms with Crippen molar-refractivity contribution in [2.24, 2.45) is 0 Å². The lowest BCUT2D eigenvalue weighted by molar-refractivity contribution is -0.138. The molecule has 0 saturated heterocycles. The van der Waals surface area contributed by atoms with Crippen molar-refractivity contribution < 1.29 is 9.53 Å². The first-order valence-corrected chi connectivity index (χ1v) is 5.97. The molecule has 100 valence electrons. The number of ether oxygens (including phenoxy) is 1. The molecule has 19 heavy (non-hydrogen) atoms. The molecule has 0 spiro atoms. The van der Waals surface area contributed by atoms with Gasteiger partial charge in [-0.2, -0.15) is 0 Å². The van der Waals surface area contributed by atoms with Crippen molar-refractivity contribution in [2.45, 2.75) is 26.4 Å². The number of pyridine rings is 2. The van der Waals surface area contributed by atoms with Gasteiger partial charge in [0, 0.05) is 12.4 Å². The fourth-order valence-electron chi connectivity index (χ4n) is 1.17. The van der Waals surface area contributed by atoms with Crippen LogP contribution < -0.4 is 0 Å². The van der Waals surface area contributed by atoms with Crippen LogP contribution in [0.5, 0.6) is 0 Å². The summed E-state index contributed by atoms with van der Waals surface area (Å²) in [5.41, 5.74) is 1.51. The van der Waals surface area contributed by atoms with Crippen LogP contribution in [0.15, 0.2) is 48.8 Å². The summed E-state index contributed by atoms with van der Waals surface area (Å²) in [5, 5.41) is 0. The van der Waals surface area contributed by atoms with Crippen LogP contribution in [0.3, 0.4) is 0 Å². The van der Waals surface area contributed by atoms with E-state index in [0.29, 0.717) is 6.47 Å². The molecule has 2 aromatic rings. The minimum absolute atomic E-state index is 0.318. The molecule has 0 aromatic carbocycles. The third-order valence-electron chi connectivity index (χ3n) is 1.99. The summed E-state index contributed by atoms with van der Waals surface area (Å²) in [6.45, 7) is 5.92. The van der Waals surface area contributed by atoms with Crippen LogP contribution in [-0.2, 0) is 9.53 Å². The van der Waals surface area contributed by atoms with Gasteiger partial charge in [-0.05, 0) is 45.0 Å². The van der Waals surface area contributed by atoms with E-state index >= 15 is 0 Å². The van der Waals surface area contributed by atoms with Gasteiger partial charge >= 0.3 is 0 Å². The van der Waals surface area contributed by atoms with Crippen molar-refractivity contribution in [2.75, 3.05) is 0 Å². The molecule has 2 rings (SSSR count). The minimum Gasteiger partial charge on any atom is -0.462 e. The molecule has 4 heteroatoms. The highest BCUT2D eigenvalue weighted by molar-refractivity contribution is 5.52. The van der Waals surface area contributed by atoms with Gasteiger partial charge in [0.2, 0.25) is 0 Å². The van der Waals surface area contributed by atoms with Gasteiger partial charge in [0.1, 0.15) is 5.60 Å². The van der Waals surface area contributed by atoms with E-state index in [1.54, 1.807) is 12.4 Å². The van der Waals surface area contributed by atoms with Crippen molar-refractivity contribution in [3.63, 3.8) is 0 Å². The average molecular weight is 258 g/mol. The highest BCUT2D eigenvalue weighted by Gasteiger charge is 2.07.